The van der Waals surface area contributed by atoms with Gasteiger partial charge in [0.1, 0.15) is 5.78 Å². The number of Topliss-reactive ketones (excluding diaryl/α,β-unsaturated/α-hetero) is 1. The average molecular weight is 519 g/mol. The number of amides is 1. The summed E-state index contributed by atoms with van der Waals surface area (Å²) in [6, 6.07) is 13.5. The average Bonchev–Trinajstić information content (AvgIpc) is 3.15. The van der Waals surface area contributed by atoms with Gasteiger partial charge in [-0.1, -0.05) is 42.8 Å². The van der Waals surface area contributed by atoms with Gasteiger partial charge in [0.25, 0.3) is 5.91 Å². The van der Waals surface area contributed by atoms with Crippen molar-refractivity contribution in [1.29, 1.82) is 0 Å². The van der Waals surface area contributed by atoms with Gasteiger partial charge in [-0.3, -0.25) is 14.3 Å². The van der Waals surface area contributed by atoms with Crippen molar-refractivity contribution in [2.45, 2.75) is 52.0 Å². The molecule has 2 aliphatic rings. The van der Waals surface area contributed by atoms with Gasteiger partial charge in [0.2, 0.25) is 0 Å². The number of aromatic nitrogens is 2. The van der Waals surface area contributed by atoms with E-state index >= 15 is 0 Å². The molecule has 0 atom stereocenters. The predicted molar refractivity (Wildman–Crippen MR) is 147 cm³/mol. The highest BCUT2D eigenvalue weighted by Crippen LogP contribution is 2.32. The van der Waals surface area contributed by atoms with E-state index in [0.717, 1.165) is 73.4 Å². The first kappa shape index (κ1) is 25.7. The summed E-state index contributed by atoms with van der Waals surface area (Å²) in [6.07, 6.45) is 6.75. The van der Waals surface area contributed by atoms with Gasteiger partial charge in [0.05, 0.1) is 12.7 Å². The lowest BCUT2D eigenvalue weighted by Crippen LogP contribution is -2.36. The highest BCUT2D eigenvalue weighted by Gasteiger charge is 2.27. The van der Waals surface area contributed by atoms with Crippen LogP contribution in [0.1, 0.15) is 65.3 Å². The molecule has 2 aromatic carbocycles. The van der Waals surface area contributed by atoms with Gasteiger partial charge in [0, 0.05) is 53.3 Å². The number of halogens is 1. The Balaban J connectivity index is 1.27. The number of rotatable bonds is 7. The van der Waals surface area contributed by atoms with Crippen LogP contribution in [0.25, 0.3) is 0 Å². The third-order valence-electron chi connectivity index (χ3n) is 7.89. The summed E-state index contributed by atoms with van der Waals surface area (Å²) in [5, 5.41) is 4.96. The molecule has 1 fully saturated rings. The van der Waals surface area contributed by atoms with Gasteiger partial charge in [-0.25, -0.2) is 0 Å². The summed E-state index contributed by atoms with van der Waals surface area (Å²) >= 11 is 6.65. The molecule has 1 aromatic heterocycles. The minimum absolute atomic E-state index is 0.0903. The van der Waals surface area contributed by atoms with Gasteiger partial charge in [-0.15, -0.1) is 0 Å². The van der Waals surface area contributed by atoms with Crippen LogP contribution in [-0.2, 0) is 31.2 Å². The molecule has 194 valence electrons. The van der Waals surface area contributed by atoms with Crippen molar-refractivity contribution < 1.29 is 9.59 Å². The molecule has 0 unspecified atom stereocenters. The zero-order chi connectivity index (χ0) is 25.9. The third-order valence-corrected chi connectivity index (χ3v) is 8.24. The molecular formula is C30H35ClN4O2. The number of benzene rings is 2. The molecule has 0 radical (unpaired) electrons. The standard InChI is InChI=1S/C30H35ClN4O2/c1-3-14-34-15-12-22(13-16-34)29(36)11-10-21-8-9-24(17-26(21)31)30(37)35-20-25-19-32-33(2)28(25)18-23-6-4-5-7-27(23)35/h4-9,17,19,22H,3,10-16,18,20H2,1-2H3. The normalized spacial score (nSPS) is 16.2. The van der Waals surface area contributed by atoms with E-state index in [4.69, 9.17) is 11.6 Å². The Kier molecular flexibility index (Phi) is 7.77. The highest BCUT2D eigenvalue weighted by molar-refractivity contribution is 6.32. The number of hydrogen-bond donors (Lipinski definition) is 0. The summed E-state index contributed by atoms with van der Waals surface area (Å²) in [5.74, 6) is 0.404. The van der Waals surface area contributed by atoms with Crippen LogP contribution in [0, 0.1) is 5.92 Å². The molecule has 0 N–H and O–H groups in total. The number of piperidine rings is 1. The van der Waals surface area contributed by atoms with Crippen molar-refractivity contribution in [2.75, 3.05) is 24.5 Å². The van der Waals surface area contributed by atoms with Gasteiger partial charge in [-0.2, -0.15) is 5.10 Å². The fraction of sp³-hybridized carbons (Fsp3) is 0.433. The predicted octanol–water partition coefficient (Wildman–Crippen LogP) is 5.45. The quantitative estimate of drug-likeness (QED) is 0.417. The van der Waals surface area contributed by atoms with Crippen LogP contribution >= 0.6 is 11.6 Å². The Morgan fingerprint density at radius 3 is 2.62 bits per heavy atom. The topological polar surface area (TPSA) is 58.4 Å². The van der Waals surface area contributed by atoms with E-state index < -0.39 is 0 Å². The van der Waals surface area contributed by atoms with E-state index in [9.17, 15) is 9.59 Å². The minimum atomic E-state index is -0.0903. The van der Waals surface area contributed by atoms with Crippen molar-refractivity contribution >= 4 is 29.0 Å². The van der Waals surface area contributed by atoms with Crippen LogP contribution in [0.4, 0.5) is 5.69 Å². The number of anilines is 1. The van der Waals surface area contributed by atoms with Crippen LogP contribution in [0.15, 0.2) is 48.7 Å². The molecule has 3 heterocycles. The van der Waals surface area contributed by atoms with Gasteiger partial charge in [0.15, 0.2) is 0 Å². The van der Waals surface area contributed by atoms with Crippen molar-refractivity contribution in [3.8, 4) is 0 Å². The molecule has 0 saturated carbocycles. The maximum atomic E-state index is 13.7. The second-order valence-corrected chi connectivity index (χ2v) is 10.7. The SMILES string of the molecule is CCCN1CCC(C(=O)CCc2ccc(C(=O)N3Cc4cnn(C)c4Cc4ccccc43)cc2Cl)CC1. The number of ketones is 1. The van der Waals surface area contributed by atoms with Gasteiger partial charge >= 0.3 is 0 Å². The first-order valence-corrected chi connectivity index (χ1v) is 13.8. The maximum absolute atomic E-state index is 13.7. The molecule has 2 aliphatic heterocycles. The van der Waals surface area contributed by atoms with E-state index in [1.807, 2.05) is 53.2 Å². The lowest BCUT2D eigenvalue weighted by atomic mass is 9.89. The van der Waals surface area contributed by atoms with Gasteiger partial charge < -0.3 is 9.80 Å². The molecule has 37 heavy (non-hydrogen) atoms. The number of carbonyl (C=O) groups is 2. The summed E-state index contributed by atoms with van der Waals surface area (Å²) in [5.41, 5.74) is 5.65. The van der Waals surface area contributed by atoms with E-state index in [-0.39, 0.29) is 11.8 Å². The van der Waals surface area contributed by atoms with Crippen LogP contribution < -0.4 is 4.90 Å². The number of aryl methyl sites for hydroxylation is 2. The molecular weight excluding hydrogens is 484 g/mol. The number of carbonyl (C=O) groups excluding carboxylic acids is 2. The van der Waals surface area contributed by atoms with E-state index in [2.05, 4.69) is 23.0 Å². The van der Waals surface area contributed by atoms with Crippen molar-refractivity contribution in [1.82, 2.24) is 14.7 Å². The van der Waals surface area contributed by atoms with Crippen LogP contribution in [0.3, 0.4) is 0 Å². The molecule has 0 aliphatic carbocycles. The van der Waals surface area contributed by atoms with E-state index in [0.29, 0.717) is 35.8 Å². The van der Waals surface area contributed by atoms with Crippen LogP contribution in [0.5, 0.6) is 0 Å². The monoisotopic (exact) mass is 518 g/mol. The molecule has 1 saturated heterocycles. The summed E-state index contributed by atoms with van der Waals surface area (Å²) < 4.78 is 1.89. The second-order valence-electron chi connectivity index (χ2n) is 10.3. The molecule has 0 spiro atoms. The smallest absolute Gasteiger partial charge is 0.258 e. The van der Waals surface area contributed by atoms with Crippen LogP contribution in [0.2, 0.25) is 5.02 Å². The first-order chi connectivity index (χ1) is 17.9. The number of nitrogens with zero attached hydrogens (tertiary/aromatic N) is 4. The second kappa shape index (κ2) is 11.2. The molecule has 0 bridgehead atoms. The van der Waals surface area contributed by atoms with Crippen molar-refractivity contribution in [3.63, 3.8) is 0 Å². The van der Waals surface area contributed by atoms with Gasteiger partial charge in [-0.05, 0) is 74.6 Å². The van der Waals surface area contributed by atoms with Crippen LogP contribution in [-0.4, -0.2) is 46.0 Å². The molecule has 5 rings (SSSR count). The zero-order valence-corrected chi connectivity index (χ0v) is 22.5. The molecule has 1 amide bonds. The molecule has 6 nitrogen and oxygen atoms in total. The Morgan fingerprint density at radius 1 is 1.08 bits per heavy atom. The Labute approximate surface area is 224 Å². The largest absolute Gasteiger partial charge is 0.304 e. The summed E-state index contributed by atoms with van der Waals surface area (Å²) in [7, 11) is 1.94. The van der Waals surface area contributed by atoms with E-state index in [1.54, 1.807) is 6.07 Å². The number of hydrogen-bond acceptors (Lipinski definition) is 4. The van der Waals surface area contributed by atoms with Crippen molar-refractivity contribution in [2.24, 2.45) is 13.0 Å². The minimum Gasteiger partial charge on any atom is -0.304 e. The number of likely N-dealkylation sites (tertiary alicyclic amines) is 1. The van der Waals surface area contributed by atoms with Crippen molar-refractivity contribution in [3.05, 3.63) is 81.6 Å². The fourth-order valence-corrected chi connectivity index (χ4v) is 5.98. The fourth-order valence-electron chi connectivity index (χ4n) is 5.70. The first-order valence-electron chi connectivity index (χ1n) is 13.4. The molecule has 7 heteroatoms. The lowest BCUT2D eigenvalue weighted by Gasteiger charge is -2.30. The lowest BCUT2D eigenvalue weighted by molar-refractivity contribution is -0.124. The Bertz CT molecular complexity index is 1290. The Morgan fingerprint density at radius 2 is 1.86 bits per heavy atom. The zero-order valence-electron chi connectivity index (χ0n) is 21.8. The number of fused-ring (bicyclic) bond motifs is 2. The summed E-state index contributed by atoms with van der Waals surface area (Å²) in [6.45, 7) is 5.81. The summed E-state index contributed by atoms with van der Waals surface area (Å²) in [4.78, 5) is 30.8. The third kappa shape index (κ3) is 5.51. The maximum Gasteiger partial charge on any atom is 0.258 e. The Hall–Kier alpha value is -2.96. The molecule has 3 aromatic rings. The number of para-hydroxylation sites is 1. The van der Waals surface area contributed by atoms with E-state index in [1.165, 1.54) is 0 Å². The highest BCUT2D eigenvalue weighted by atomic mass is 35.5.